The topological polar surface area (TPSA) is 75.6 Å². The largest absolute Gasteiger partial charge is 0.465 e. The van der Waals surface area contributed by atoms with Gasteiger partial charge < -0.3 is 15.2 Å². The molecule has 26 heavy (non-hydrogen) atoms. The number of halogens is 3. The van der Waals surface area contributed by atoms with Gasteiger partial charge in [0.1, 0.15) is 0 Å². The highest BCUT2D eigenvalue weighted by atomic mass is 19.4. The molecule has 0 unspecified atom stereocenters. The third-order valence-corrected chi connectivity index (χ3v) is 3.57. The number of amides is 1. The molecule has 0 spiro atoms. The normalized spacial score (nSPS) is 11.1. The molecule has 0 radical (unpaired) electrons. The lowest BCUT2D eigenvalue weighted by atomic mass is 10.0. The summed E-state index contributed by atoms with van der Waals surface area (Å²) in [5.41, 5.74) is -0.0245. The number of esters is 1. The Bertz CT molecular complexity index is 818. The second-order valence-corrected chi connectivity index (χ2v) is 5.45. The number of aliphatic hydroxyl groups is 1. The van der Waals surface area contributed by atoms with Gasteiger partial charge >= 0.3 is 12.1 Å². The van der Waals surface area contributed by atoms with Gasteiger partial charge in [0.15, 0.2) is 0 Å². The Morgan fingerprint density at radius 3 is 2.38 bits per heavy atom. The van der Waals surface area contributed by atoms with Crippen molar-refractivity contribution in [2.75, 3.05) is 7.11 Å². The van der Waals surface area contributed by atoms with E-state index in [4.69, 9.17) is 0 Å². The van der Waals surface area contributed by atoms with Gasteiger partial charge in [0.25, 0.3) is 5.91 Å². The lowest BCUT2D eigenvalue weighted by Crippen LogP contribution is -2.23. The lowest BCUT2D eigenvalue weighted by molar-refractivity contribution is -0.137. The molecule has 0 bridgehead atoms. The molecule has 2 aromatic carbocycles. The monoisotopic (exact) mass is 367 g/mol. The molecule has 2 N–H and O–H groups in total. The van der Waals surface area contributed by atoms with Gasteiger partial charge in [-0.2, -0.15) is 13.2 Å². The number of carbonyl (C=O) groups excluding carboxylic acids is 2. The summed E-state index contributed by atoms with van der Waals surface area (Å²) < 4.78 is 42.7. The van der Waals surface area contributed by atoms with Gasteiger partial charge in [-0.1, -0.05) is 12.1 Å². The number of hydrogen-bond donors (Lipinski definition) is 2. The number of benzene rings is 2. The van der Waals surface area contributed by atoms with Crippen LogP contribution in [0.15, 0.2) is 42.5 Å². The van der Waals surface area contributed by atoms with Crippen LogP contribution < -0.4 is 5.32 Å². The fourth-order valence-electron chi connectivity index (χ4n) is 2.29. The number of ether oxygens (including phenoxy) is 1. The molecular weight excluding hydrogens is 351 g/mol. The molecule has 0 aromatic heterocycles. The summed E-state index contributed by atoms with van der Waals surface area (Å²) in [6, 6.07) is 8.66. The van der Waals surface area contributed by atoms with E-state index >= 15 is 0 Å². The molecule has 8 heteroatoms. The van der Waals surface area contributed by atoms with Crippen molar-refractivity contribution in [1.29, 1.82) is 0 Å². The molecule has 2 aromatic rings. The summed E-state index contributed by atoms with van der Waals surface area (Å²) in [5, 5.41) is 11.7. The van der Waals surface area contributed by atoms with Crippen molar-refractivity contribution in [2.24, 2.45) is 0 Å². The van der Waals surface area contributed by atoms with Gasteiger partial charge in [-0.25, -0.2) is 4.79 Å². The van der Waals surface area contributed by atoms with Crippen LogP contribution in [-0.4, -0.2) is 24.1 Å². The lowest BCUT2D eigenvalue weighted by Gasteiger charge is -2.11. The van der Waals surface area contributed by atoms with Crippen molar-refractivity contribution in [3.63, 3.8) is 0 Å². The molecule has 0 aliphatic heterocycles. The molecule has 0 aliphatic carbocycles. The van der Waals surface area contributed by atoms with Gasteiger partial charge in [-0.3, -0.25) is 4.79 Å². The van der Waals surface area contributed by atoms with E-state index in [1.54, 1.807) is 0 Å². The third-order valence-electron chi connectivity index (χ3n) is 3.57. The first-order valence-corrected chi connectivity index (χ1v) is 7.52. The zero-order valence-corrected chi connectivity index (χ0v) is 13.8. The average Bonchev–Trinajstić information content (AvgIpc) is 2.64. The Labute approximate surface area is 147 Å². The van der Waals surface area contributed by atoms with Crippen molar-refractivity contribution >= 4 is 11.9 Å². The Hall–Kier alpha value is -2.87. The molecule has 0 fully saturated rings. The number of alkyl halides is 3. The van der Waals surface area contributed by atoms with E-state index < -0.39 is 30.2 Å². The molecule has 0 saturated heterocycles. The van der Waals surface area contributed by atoms with Crippen LogP contribution in [0.3, 0.4) is 0 Å². The van der Waals surface area contributed by atoms with Gasteiger partial charge in [0.2, 0.25) is 0 Å². The molecular formula is C18H16F3NO4. The highest BCUT2D eigenvalue weighted by Crippen LogP contribution is 2.29. The Balaban J connectivity index is 2.16. The molecule has 0 heterocycles. The number of carbonyl (C=O) groups is 2. The number of aliphatic hydroxyl groups excluding tert-OH is 1. The number of nitrogens with one attached hydrogen (secondary N) is 1. The summed E-state index contributed by atoms with van der Waals surface area (Å²) in [5.74, 6) is -1.27. The molecule has 0 aliphatic rings. The summed E-state index contributed by atoms with van der Waals surface area (Å²) >= 11 is 0. The fraction of sp³-hybridized carbons (Fsp3) is 0.222. The van der Waals surface area contributed by atoms with Crippen molar-refractivity contribution in [2.45, 2.75) is 19.3 Å². The minimum atomic E-state index is -4.47. The van der Waals surface area contributed by atoms with E-state index in [1.807, 2.05) is 0 Å². The highest BCUT2D eigenvalue weighted by molar-refractivity contribution is 5.98. The van der Waals surface area contributed by atoms with E-state index in [9.17, 15) is 27.9 Å². The zero-order valence-electron chi connectivity index (χ0n) is 13.8. The third kappa shape index (κ3) is 4.82. The first kappa shape index (κ1) is 19.5. The molecule has 0 atom stereocenters. The number of methoxy groups -OCH3 is 1. The predicted octanol–water partition coefficient (Wildman–Crippen LogP) is 2.91. The summed E-state index contributed by atoms with van der Waals surface area (Å²) in [6.45, 7) is -0.515. The Kier molecular flexibility index (Phi) is 5.99. The van der Waals surface area contributed by atoms with E-state index in [-0.39, 0.29) is 23.2 Å². The van der Waals surface area contributed by atoms with Crippen molar-refractivity contribution in [3.05, 3.63) is 70.3 Å². The van der Waals surface area contributed by atoms with E-state index in [2.05, 4.69) is 10.1 Å². The maximum atomic E-state index is 12.7. The number of rotatable bonds is 5. The summed E-state index contributed by atoms with van der Waals surface area (Å²) in [7, 11) is 1.18. The zero-order chi connectivity index (χ0) is 19.3. The smallest absolute Gasteiger partial charge is 0.416 e. The predicted molar refractivity (Wildman–Crippen MR) is 86.3 cm³/mol. The summed E-state index contributed by atoms with van der Waals surface area (Å²) in [6.07, 6.45) is -4.47. The maximum Gasteiger partial charge on any atom is 0.416 e. The minimum Gasteiger partial charge on any atom is -0.465 e. The van der Waals surface area contributed by atoms with Crippen LogP contribution >= 0.6 is 0 Å². The standard InChI is InChI=1S/C18H16F3NO4/c1-26-17(25)14-6-12(10-23)5-13(8-14)16(24)22-9-11-3-2-4-15(7-11)18(19,20)21/h2-8,23H,9-10H2,1H3,(H,22,24). The van der Waals surface area contributed by atoms with Crippen LogP contribution in [0, 0.1) is 0 Å². The highest BCUT2D eigenvalue weighted by Gasteiger charge is 2.30. The SMILES string of the molecule is COC(=O)c1cc(CO)cc(C(=O)NCc2cccc(C(F)(F)F)c2)c1. The van der Waals surface area contributed by atoms with Gasteiger partial charge in [-0.05, 0) is 41.5 Å². The van der Waals surface area contributed by atoms with Crippen molar-refractivity contribution in [1.82, 2.24) is 5.32 Å². The van der Waals surface area contributed by atoms with Crippen LogP contribution in [0.4, 0.5) is 13.2 Å². The minimum absolute atomic E-state index is 0.0864. The number of hydrogen-bond acceptors (Lipinski definition) is 4. The second-order valence-electron chi connectivity index (χ2n) is 5.45. The van der Waals surface area contributed by atoms with Gasteiger partial charge in [-0.15, -0.1) is 0 Å². The summed E-state index contributed by atoms with van der Waals surface area (Å²) in [4.78, 5) is 23.9. The van der Waals surface area contributed by atoms with Crippen LogP contribution in [-0.2, 0) is 24.1 Å². The van der Waals surface area contributed by atoms with Gasteiger partial charge in [0, 0.05) is 12.1 Å². The van der Waals surface area contributed by atoms with Crippen LogP contribution in [0.5, 0.6) is 0 Å². The molecule has 2 rings (SSSR count). The Morgan fingerprint density at radius 1 is 1.08 bits per heavy atom. The molecule has 138 valence electrons. The fourth-order valence-corrected chi connectivity index (χ4v) is 2.29. The van der Waals surface area contributed by atoms with E-state index in [1.165, 1.54) is 37.4 Å². The van der Waals surface area contributed by atoms with Crippen molar-refractivity contribution < 1.29 is 32.6 Å². The molecule has 0 saturated carbocycles. The molecule has 5 nitrogen and oxygen atoms in total. The second kappa shape index (κ2) is 8.01. The van der Waals surface area contributed by atoms with E-state index in [0.29, 0.717) is 5.56 Å². The Morgan fingerprint density at radius 2 is 1.77 bits per heavy atom. The van der Waals surface area contributed by atoms with Crippen LogP contribution in [0.25, 0.3) is 0 Å². The van der Waals surface area contributed by atoms with Crippen molar-refractivity contribution in [3.8, 4) is 0 Å². The van der Waals surface area contributed by atoms with Gasteiger partial charge in [0.05, 0.1) is 24.8 Å². The quantitative estimate of drug-likeness (QED) is 0.797. The average molecular weight is 367 g/mol. The maximum absolute atomic E-state index is 12.7. The van der Waals surface area contributed by atoms with E-state index in [0.717, 1.165) is 12.1 Å². The van der Waals surface area contributed by atoms with Crippen LogP contribution in [0.2, 0.25) is 0 Å². The first-order valence-electron chi connectivity index (χ1n) is 7.52. The van der Waals surface area contributed by atoms with Crippen LogP contribution in [0.1, 0.15) is 37.4 Å². The first-order chi connectivity index (χ1) is 12.2. The molecule has 1 amide bonds.